The van der Waals surface area contributed by atoms with Gasteiger partial charge in [0.25, 0.3) is 5.91 Å². The second-order valence-electron chi connectivity index (χ2n) is 6.92. The lowest BCUT2D eigenvalue weighted by atomic mass is 10.1. The summed E-state index contributed by atoms with van der Waals surface area (Å²) in [6.07, 6.45) is 0.124. The predicted molar refractivity (Wildman–Crippen MR) is 121 cm³/mol. The van der Waals surface area contributed by atoms with Gasteiger partial charge < -0.3 is 14.2 Å². The fraction of sp³-hybridized carbons (Fsp3) is 0.200. The Bertz CT molecular complexity index is 1030. The van der Waals surface area contributed by atoms with Crippen molar-refractivity contribution in [2.75, 3.05) is 13.7 Å². The third-order valence-electron chi connectivity index (χ3n) is 4.57. The van der Waals surface area contributed by atoms with Gasteiger partial charge in [-0.25, -0.2) is 0 Å². The van der Waals surface area contributed by atoms with Crippen LogP contribution in [0.1, 0.15) is 28.4 Å². The van der Waals surface area contributed by atoms with Crippen LogP contribution >= 0.6 is 0 Å². The predicted octanol–water partition coefficient (Wildman–Crippen LogP) is 3.68. The number of carbonyl (C=O) groups is 2. The van der Waals surface area contributed by atoms with E-state index in [9.17, 15) is 9.59 Å². The minimum atomic E-state index is -0.400. The number of hydrogen-bond donors (Lipinski definition) is 2. The summed E-state index contributed by atoms with van der Waals surface area (Å²) in [6, 6.07) is 21.6. The van der Waals surface area contributed by atoms with Crippen molar-refractivity contribution >= 4 is 11.8 Å². The van der Waals surface area contributed by atoms with Gasteiger partial charge in [-0.05, 0) is 66.6 Å². The fourth-order valence-electron chi connectivity index (χ4n) is 2.93. The van der Waals surface area contributed by atoms with Gasteiger partial charge in [-0.15, -0.1) is 0 Å². The Morgan fingerprint density at radius 2 is 1.47 bits per heavy atom. The molecular weight excluding hydrogens is 408 g/mol. The number of hydrogen-bond acceptors (Lipinski definition) is 5. The van der Waals surface area contributed by atoms with E-state index in [0.717, 1.165) is 22.6 Å². The van der Waals surface area contributed by atoms with Crippen LogP contribution in [-0.4, -0.2) is 25.5 Å². The molecule has 0 aromatic heterocycles. The first-order valence-corrected chi connectivity index (χ1v) is 10.2. The molecule has 3 aromatic carbocycles. The molecule has 0 saturated carbocycles. The molecule has 0 atom stereocenters. The van der Waals surface area contributed by atoms with Gasteiger partial charge in [0.05, 0.1) is 20.1 Å². The first-order valence-electron chi connectivity index (χ1n) is 10.2. The standard InChI is InChI=1S/C25H26N2O5/c1-3-31-21-11-13-22(14-12-21)32-17-18-7-9-20(10-8-18)25(29)27-26-24(28)16-19-5-4-6-23(15-19)30-2/h4-15H,3,16-17H2,1-2H3,(H,26,28)(H,27,29). The van der Waals surface area contributed by atoms with Gasteiger partial charge in [0.15, 0.2) is 0 Å². The van der Waals surface area contributed by atoms with Crippen LogP contribution in [0, 0.1) is 0 Å². The molecule has 0 unspecified atom stereocenters. The fourth-order valence-corrected chi connectivity index (χ4v) is 2.93. The summed E-state index contributed by atoms with van der Waals surface area (Å²) in [5.41, 5.74) is 6.98. The van der Waals surface area contributed by atoms with E-state index in [0.29, 0.717) is 24.5 Å². The van der Waals surface area contributed by atoms with Crippen molar-refractivity contribution in [1.82, 2.24) is 10.9 Å². The van der Waals surface area contributed by atoms with Gasteiger partial charge >= 0.3 is 0 Å². The average Bonchev–Trinajstić information content (AvgIpc) is 2.83. The van der Waals surface area contributed by atoms with Crippen LogP contribution in [0.4, 0.5) is 0 Å². The maximum Gasteiger partial charge on any atom is 0.269 e. The van der Waals surface area contributed by atoms with E-state index in [1.165, 1.54) is 0 Å². The van der Waals surface area contributed by atoms with Crippen LogP contribution in [0.2, 0.25) is 0 Å². The Morgan fingerprint density at radius 1 is 0.781 bits per heavy atom. The molecule has 0 saturated heterocycles. The Hall–Kier alpha value is -4.00. The highest BCUT2D eigenvalue weighted by atomic mass is 16.5. The number of rotatable bonds is 9. The number of methoxy groups -OCH3 is 1. The van der Waals surface area contributed by atoms with Crippen LogP contribution < -0.4 is 25.1 Å². The highest BCUT2D eigenvalue weighted by Gasteiger charge is 2.09. The van der Waals surface area contributed by atoms with Gasteiger partial charge in [-0.3, -0.25) is 20.4 Å². The molecule has 2 amide bonds. The molecule has 0 aliphatic rings. The van der Waals surface area contributed by atoms with E-state index >= 15 is 0 Å². The lowest BCUT2D eigenvalue weighted by Gasteiger charge is -2.10. The summed E-state index contributed by atoms with van der Waals surface area (Å²) in [4.78, 5) is 24.4. The van der Waals surface area contributed by atoms with Crippen molar-refractivity contribution in [1.29, 1.82) is 0 Å². The van der Waals surface area contributed by atoms with Gasteiger partial charge in [0.2, 0.25) is 5.91 Å². The van der Waals surface area contributed by atoms with Gasteiger partial charge in [-0.1, -0.05) is 24.3 Å². The molecule has 0 spiro atoms. The van der Waals surface area contributed by atoms with Crippen LogP contribution in [-0.2, 0) is 17.8 Å². The highest BCUT2D eigenvalue weighted by Crippen LogP contribution is 2.19. The third-order valence-corrected chi connectivity index (χ3v) is 4.57. The zero-order valence-electron chi connectivity index (χ0n) is 18.1. The van der Waals surface area contributed by atoms with Crippen molar-refractivity contribution < 1.29 is 23.8 Å². The Kier molecular flexibility index (Phi) is 8.09. The number of amides is 2. The molecule has 7 heteroatoms. The number of ether oxygens (including phenoxy) is 3. The maximum atomic E-state index is 12.3. The molecule has 7 nitrogen and oxygen atoms in total. The molecule has 0 radical (unpaired) electrons. The molecule has 0 bridgehead atoms. The summed E-state index contributed by atoms with van der Waals surface area (Å²) in [5, 5.41) is 0. The lowest BCUT2D eigenvalue weighted by molar-refractivity contribution is -0.121. The minimum absolute atomic E-state index is 0.124. The largest absolute Gasteiger partial charge is 0.497 e. The van der Waals surface area contributed by atoms with Crippen LogP contribution in [0.3, 0.4) is 0 Å². The maximum absolute atomic E-state index is 12.3. The monoisotopic (exact) mass is 434 g/mol. The van der Waals surface area contributed by atoms with Gasteiger partial charge in [-0.2, -0.15) is 0 Å². The molecule has 3 rings (SSSR count). The molecule has 0 fully saturated rings. The average molecular weight is 434 g/mol. The van der Waals surface area contributed by atoms with Crippen molar-refractivity contribution in [2.45, 2.75) is 20.0 Å². The minimum Gasteiger partial charge on any atom is -0.497 e. The molecular formula is C25H26N2O5. The summed E-state index contributed by atoms with van der Waals surface area (Å²) in [5.74, 6) is 1.47. The Labute approximate surface area is 187 Å². The summed E-state index contributed by atoms with van der Waals surface area (Å²) in [7, 11) is 1.57. The topological polar surface area (TPSA) is 85.9 Å². The molecule has 0 aliphatic carbocycles. The second kappa shape index (κ2) is 11.4. The molecule has 0 aliphatic heterocycles. The smallest absolute Gasteiger partial charge is 0.269 e. The zero-order valence-corrected chi connectivity index (χ0v) is 18.1. The molecule has 0 heterocycles. The number of hydrazine groups is 1. The van der Waals surface area contributed by atoms with E-state index in [4.69, 9.17) is 14.2 Å². The summed E-state index contributed by atoms with van der Waals surface area (Å²) < 4.78 is 16.3. The molecule has 32 heavy (non-hydrogen) atoms. The molecule has 3 aromatic rings. The first kappa shape index (κ1) is 22.7. The Balaban J connectivity index is 1.45. The van der Waals surface area contributed by atoms with Crippen LogP contribution in [0.5, 0.6) is 17.2 Å². The second-order valence-corrected chi connectivity index (χ2v) is 6.92. The van der Waals surface area contributed by atoms with Crippen molar-refractivity contribution in [3.8, 4) is 17.2 Å². The van der Waals surface area contributed by atoms with Gasteiger partial charge in [0.1, 0.15) is 23.9 Å². The lowest BCUT2D eigenvalue weighted by Crippen LogP contribution is -2.42. The van der Waals surface area contributed by atoms with E-state index in [1.54, 1.807) is 37.4 Å². The number of benzene rings is 3. The van der Waals surface area contributed by atoms with Crippen molar-refractivity contribution in [3.63, 3.8) is 0 Å². The third kappa shape index (κ3) is 6.77. The van der Waals surface area contributed by atoms with E-state index < -0.39 is 5.91 Å². The molecule has 166 valence electrons. The van der Waals surface area contributed by atoms with E-state index in [1.807, 2.05) is 49.4 Å². The van der Waals surface area contributed by atoms with Crippen LogP contribution in [0.25, 0.3) is 0 Å². The van der Waals surface area contributed by atoms with Crippen molar-refractivity contribution in [2.24, 2.45) is 0 Å². The van der Waals surface area contributed by atoms with Gasteiger partial charge in [0, 0.05) is 5.56 Å². The van der Waals surface area contributed by atoms with Crippen molar-refractivity contribution in [3.05, 3.63) is 89.5 Å². The quantitative estimate of drug-likeness (QED) is 0.502. The first-order chi connectivity index (χ1) is 15.6. The normalized spacial score (nSPS) is 10.2. The highest BCUT2D eigenvalue weighted by molar-refractivity contribution is 5.95. The van der Waals surface area contributed by atoms with E-state index in [-0.39, 0.29) is 12.3 Å². The van der Waals surface area contributed by atoms with E-state index in [2.05, 4.69) is 10.9 Å². The summed E-state index contributed by atoms with van der Waals surface area (Å²) >= 11 is 0. The Morgan fingerprint density at radius 3 is 2.12 bits per heavy atom. The number of nitrogens with one attached hydrogen (secondary N) is 2. The number of carbonyl (C=O) groups excluding carboxylic acids is 2. The summed E-state index contributed by atoms with van der Waals surface area (Å²) in [6.45, 7) is 2.92. The SMILES string of the molecule is CCOc1ccc(OCc2ccc(C(=O)NNC(=O)Cc3cccc(OC)c3)cc2)cc1. The zero-order chi connectivity index (χ0) is 22.8. The van der Waals surface area contributed by atoms with Crippen LogP contribution in [0.15, 0.2) is 72.8 Å². The molecule has 2 N–H and O–H groups in total.